The van der Waals surface area contributed by atoms with E-state index in [1.807, 2.05) is 30.3 Å². The standard InChI is InChI=1S/C11H9N3OS/c12-10(16)9-11(14-7-6-13-9)15-8-4-2-1-3-5-8/h1-7H,(H2,12,16). The molecule has 0 bridgehead atoms. The number of nitrogens with zero attached hydrogens (tertiary/aromatic N) is 2. The van der Waals surface area contributed by atoms with Crippen LogP contribution in [0.5, 0.6) is 11.6 Å². The summed E-state index contributed by atoms with van der Waals surface area (Å²) in [5.74, 6) is 0.988. The lowest BCUT2D eigenvalue weighted by atomic mass is 10.3. The molecule has 0 aliphatic heterocycles. The van der Waals surface area contributed by atoms with E-state index >= 15 is 0 Å². The predicted octanol–water partition coefficient (Wildman–Crippen LogP) is 1.90. The van der Waals surface area contributed by atoms with E-state index in [9.17, 15) is 0 Å². The van der Waals surface area contributed by atoms with Crippen molar-refractivity contribution in [3.63, 3.8) is 0 Å². The second-order valence-corrected chi connectivity index (χ2v) is 3.43. The van der Waals surface area contributed by atoms with Crippen LogP contribution >= 0.6 is 12.2 Å². The zero-order valence-electron chi connectivity index (χ0n) is 8.33. The lowest BCUT2D eigenvalue weighted by Gasteiger charge is -2.07. The predicted molar refractivity (Wildman–Crippen MR) is 64.4 cm³/mol. The highest BCUT2D eigenvalue weighted by molar-refractivity contribution is 7.80. The summed E-state index contributed by atoms with van der Waals surface area (Å²) in [5, 5.41) is 0. The largest absolute Gasteiger partial charge is 0.437 e. The second kappa shape index (κ2) is 4.67. The molecule has 0 saturated carbocycles. The van der Waals surface area contributed by atoms with Crippen LogP contribution in [-0.2, 0) is 0 Å². The third-order valence-corrected chi connectivity index (χ3v) is 2.05. The molecule has 0 saturated heterocycles. The Hall–Kier alpha value is -2.01. The third-order valence-electron chi connectivity index (χ3n) is 1.86. The number of aromatic nitrogens is 2. The average molecular weight is 231 g/mol. The molecule has 2 N–H and O–H groups in total. The Kier molecular flexibility index (Phi) is 3.07. The summed E-state index contributed by atoms with van der Waals surface area (Å²) in [6.45, 7) is 0. The minimum atomic E-state index is 0.166. The molecule has 80 valence electrons. The molecule has 1 aromatic carbocycles. The van der Waals surface area contributed by atoms with Gasteiger partial charge in [0.25, 0.3) is 0 Å². The number of benzene rings is 1. The maximum atomic E-state index is 5.53. The fraction of sp³-hybridized carbons (Fsp3) is 0. The Balaban J connectivity index is 2.31. The summed E-state index contributed by atoms with van der Waals surface area (Å²) in [6.07, 6.45) is 3.05. The number of ether oxygens (including phenoxy) is 1. The highest BCUT2D eigenvalue weighted by Gasteiger charge is 2.09. The molecule has 16 heavy (non-hydrogen) atoms. The van der Waals surface area contributed by atoms with Gasteiger partial charge in [0.15, 0.2) is 5.69 Å². The van der Waals surface area contributed by atoms with E-state index in [4.69, 9.17) is 22.7 Å². The zero-order valence-corrected chi connectivity index (χ0v) is 9.15. The zero-order chi connectivity index (χ0) is 11.4. The van der Waals surface area contributed by atoms with Gasteiger partial charge in [0.2, 0.25) is 5.88 Å². The van der Waals surface area contributed by atoms with Crippen LogP contribution in [0.4, 0.5) is 0 Å². The van der Waals surface area contributed by atoms with Gasteiger partial charge in [0.05, 0.1) is 0 Å². The molecule has 1 aromatic heterocycles. The molecule has 0 atom stereocenters. The van der Waals surface area contributed by atoms with Crippen LogP contribution in [0.1, 0.15) is 5.69 Å². The van der Waals surface area contributed by atoms with Gasteiger partial charge in [0, 0.05) is 12.4 Å². The van der Waals surface area contributed by atoms with Gasteiger partial charge in [0.1, 0.15) is 10.7 Å². The molecule has 0 aliphatic carbocycles. The minimum absolute atomic E-state index is 0.166. The van der Waals surface area contributed by atoms with Crippen LogP contribution in [-0.4, -0.2) is 15.0 Å². The van der Waals surface area contributed by atoms with Crippen molar-refractivity contribution in [2.75, 3.05) is 0 Å². The van der Waals surface area contributed by atoms with Crippen molar-refractivity contribution < 1.29 is 4.74 Å². The second-order valence-electron chi connectivity index (χ2n) is 2.99. The Morgan fingerprint density at radius 1 is 1.12 bits per heavy atom. The fourth-order valence-corrected chi connectivity index (χ4v) is 1.31. The molecule has 0 fully saturated rings. The van der Waals surface area contributed by atoms with E-state index in [1.54, 1.807) is 0 Å². The summed E-state index contributed by atoms with van der Waals surface area (Å²) < 4.78 is 5.53. The third kappa shape index (κ3) is 2.32. The van der Waals surface area contributed by atoms with E-state index < -0.39 is 0 Å². The van der Waals surface area contributed by atoms with Gasteiger partial charge < -0.3 is 10.5 Å². The van der Waals surface area contributed by atoms with Gasteiger partial charge in [-0.15, -0.1) is 0 Å². The van der Waals surface area contributed by atoms with E-state index in [1.165, 1.54) is 12.4 Å². The number of hydrogen-bond acceptors (Lipinski definition) is 4. The van der Waals surface area contributed by atoms with Crippen LogP contribution in [0.3, 0.4) is 0 Å². The van der Waals surface area contributed by atoms with Crippen LogP contribution in [0, 0.1) is 0 Å². The monoisotopic (exact) mass is 231 g/mol. The number of nitrogens with two attached hydrogens (primary N) is 1. The van der Waals surface area contributed by atoms with Crippen LogP contribution in [0.2, 0.25) is 0 Å². The van der Waals surface area contributed by atoms with Crippen LogP contribution in [0.15, 0.2) is 42.7 Å². The Morgan fingerprint density at radius 2 is 1.81 bits per heavy atom. The number of hydrogen-bond donors (Lipinski definition) is 1. The van der Waals surface area contributed by atoms with Crippen molar-refractivity contribution in [1.29, 1.82) is 0 Å². The molecule has 1 heterocycles. The van der Waals surface area contributed by atoms with E-state index in [0.717, 1.165) is 0 Å². The van der Waals surface area contributed by atoms with Gasteiger partial charge in [-0.05, 0) is 12.1 Å². The average Bonchev–Trinajstić information content (AvgIpc) is 2.31. The Bertz CT molecular complexity index is 502. The first-order valence-electron chi connectivity index (χ1n) is 4.61. The van der Waals surface area contributed by atoms with Crippen molar-refractivity contribution in [3.05, 3.63) is 48.4 Å². The summed E-state index contributed by atoms with van der Waals surface area (Å²) in [7, 11) is 0. The molecule has 0 unspecified atom stereocenters. The van der Waals surface area contributed by atoms with E-state index in [-0.39, 0.29) is 4.99 Å². The Morgan fingerprint density at radius 3 is 2.50 bits per heavy atom. The highest BCUT2D eigenvalue weighted by atomic mass is 32.1. The SMILES string of the molecule is NC(=S)c1nccnc1Oc1ccccc1. The smallest absolute Gasteiger partial charge is 0.248 e. The molecule has 0 aliphatic rings. The van der Waals surface area contributed by atoms with Gasteiger partial charge in [-0.2, -0.15) is 0 Å². The normalized spacial score (nSPS) is 9.75. The molecular weight excluding hydrogens is 222 g/mol. The maximum absolute atomic E-state index is 5.53. The molecule has 2 rings (SSSR count). The van der Waals surface area contributed by atoms with Gasteiger partial charge in [-0.3, -0.25) is 0 Å². The molecule has 0 spiro atoms. The first-order valence-corrected chi connectivity index (χ1v) is 5.02. The molecule has 5 heteroatoms. The molecule has 4 nitrogen and oxygen atoms in total. The van der Waals surface area contributed by atoms with Crippen molar-refractivity contribution in [1.82, 2.24) is 9.97 Å². The van der Waals surface area contributed by atoms with Crippen LogP contribution in [0.25, 0.3) is 0 Å². The van der Waals surface area contributed by atoms with Crippen molar-refractivity contribution >= 4 is 17.2 Å². The van der Waals surface area contributed by atoms with Crippen LogP contribution < -0.4 is 10.5 Å². The fourth-order valence-electron chi connectivity index (χ4n) is 1.17. The lowest BCUT2D eigenvalue weighted by molar-refractivity contribution is 0.459. The maximum Gasteiger partial charge on any atom is 0.248 e. The summed E-state index contributed by atoms with van der Waals surface area (Å²) in [6, 6.07) is 9.27. The minimum Gasteiger partial charge on any atom is -0.437 e. The van der Waals surface area contributed by atoms with Gasteiger partial charge in [-0.25, -0.2) is 9.97 Å². The van der Waals surface area contributed by atoms with Gasteiger partial charge >= 0.3 is 0 Å². The topological polar surface area (TPSA) is 61.0 Å². The summed E-state index contributed by atoms with van der Waals surface area (Å²) >= 11 is 4.86. The van der Waals surface area contributed by atoms with Gasteiger partial charge in [-0.1, -0.05) is 30.4 Å². The molecule has 0 amide bonds. The van der Waals surface area contributed by atoms with E-state index in [0.29, 0.717) is 17.3 Å². The first kappa shape index (κ1) is 10.5. The first-order chi connectivity index (χ1) is 7.77. The van der Waals surface area contributed by atoms with Crippen molar-refractivity contribution in [3.8, 4) is 11.6 Å². The Labute approximate surface area is 98.1 Å². The quantitative estimate of drug-likeness (QED) is 0.817. The lowest BCUT2D eigenvalue weighted by Crippen LogP contribution is -2.13. The summed E-state index contributed by atoms with van der Waals surface area (Å²) in [5.41, 5.74) is 5.91. The number of rotatable bonds is 3. The number of para-hydroxylation sites is 1. The van der Waals surface area contributed by atoms with Crippen molar-refractivity contribution in [2.24, 2.45) is 5.73 Å². The number of thiocarbonyl (C=S) groups is 1. The van der Waals surface area contributed by atoms with E-state index in [2.05, 4.69) is 9.97 Å². The summed E-state index contributed by atoms with van der Waals surface area (Å²) in [4.78, 5) is 8.23. The molecule has 2 aromatic rings. The molecule has 0 radical (unpaired) electrons. The highest BCUT2D eigenvalue weighted by Crippen LogP contribution is 2.20. The molecular formula is C11H9N3OS. The van der Waals surface area contributed by atoms with Crippen molar-refractivity contribution in [2.45, 2.75) is 0 Å².